The quantitative estimate of drug-likeness (QED) is 0.363. The van der Waals surface area contributed by atoms with Crippen molar-refractivity contribution < 1.29 is 19.2 Å². The van der Waals surface area contributed by atoms with Crippen LogP contribution in [0.5, 0.6) is 5.75 Å². The van der Waals surface area contributed by atoms with Crippen molar-refractivity contribution in [3.8, 4) is 5.75 Å². The average molecular weight is 342 g/mol. The molecule has 0 radical (unpaired) electrons. The number of hydrogen-bond acceptors (Lipinski definition) is 5. The highest BCUT2D eigenvalue weighted by Crippen LogP contribution is 2.51. The summed E-state index contributed by atoms with van der Waals surface area (Å²) < 4.78 is 5.30. The third kappa shape index (κ3) is 2.26. The van der Waals surface area contributed by atoms with E-state index in [2.05, 4.69) is 0 Å². The van der Waals surface area contributed by atoms with E-state index < -0.39 is 4.92 Å². The van der Waals surface area contributed by atoms with Gasteiger partial charge in [0.25, 0.3) is 5.69 Å². The number of nitro benzene ring substituents is 1. The lowest BCUT2D eigenvalue weighted by molar-refractivity contribution is -0.384. The van der Waals surface area contributed by atoms with Crippen LogP contribution in [0.4, 0.5) is 11.4 Å². The van der Waals surface area contributed by atoms with E-state index in [1.807, 2.05) is 12.2 Å². The molecule has 4 aliphatic rings. The van der Waals surface area contributed by atoms with Crippen LogP contribution in [0.25, 0.3) is 0 Å². The lowest BCUT2D eigenvalue weighted by Gasteiger charge is -2.38. The molecule has 1 saturated carbocycles. The number of amides is 2. The number of nitrogens with zero attached hydrogens (tertiary/aromatic N) is 2. The van der Waals surface area contributed by atoms with Crippen molar-refractivity contribution >= 4 is 23.2 Å². The number of hydrogen-bond donors (Lipinski definition) is 0. The highest BCUT2D eigenvalue weighted by molar-refractivity contribution is 6.23. The Kier molecular flexibility index (Phi) is 3.59. The minimum absolute atomic E-state index is 0.0391. The van der Waals surface area contributed by atoms with Crippen LogP contribution in [0.2, 0.25) is 0 Å². The number of carbonyl (C=O) groups excluding carboxylic acids is 2. The van der Waals surface area contributed by atoms with Crippen LogP contribution in [0.15, 0.2) is 30.4 Å². The Balaban J connectivity index is 1.77. The molecule has 1 aromatic carbocycles. The van der Waals surface area contributed by atoms with Crippen molar-refractivity contribution in [3.63, 3.8) is 0 Å². The van der Waals surface area contributed by atoms with E-state index in [1.165, 1.54) is 12.1 Å². The fourth-order valence-corrected chi connectivity index (χ4v) is 4.41. The molecule has 7 nitrogen and oxygen atoms in total. The highest BCUT2D eigenvalue weighted by atomic mass is 16.6. The molecule has 0 aromatic heterocycles. The van der Waals surface area contributed by atoms with Gasteiger partial charge in [-0.15, -0.1) is 0 Å². The number of allylic oxidation sites excluding steroid dienone is 2. The van der Waals surface area contributed by atoms with Gasteiger partial charge in [0.05, 0.1) is 29.4 Å². The number of benzene rings is 1. The Morgan fingerprint density at radius 1 is 1.16 bits per heavy atom. The summed E-state index contributed by atoms with van der Waals surface area (Å²) in [4.78, 5) is 37.8. The fraction of sp³-hybridized carbons (Fsp3) is 0.444. The van der Waals surface area contributed by atoms with Crippen LogP contribution in [-0.2, 0) is 9.59 Å². The van der Waals surface area contributed by atoms with Gasteiger partial charge in [0.15, 0.2) is 0 Å². The monoisotopic (exact) mass is 342 g/mol. The van der Waals surface area contributed by atoms with E-state index in [9.17, 15) is 19.7 Å². The summed E-state index contributed by atoms with van der Waals surface area (Å²) in [7, 11) is 0. The topological polar surface area (TPSA) is 89.8 Å². The molecule has 1 heterocycles. The maximum absolute atomic E-state index is 12.9. The molecule has 25 heavy (non-hydrogen) atoms. The van der Waals surface area contributed by atoms with Gasteiger partial charge in [-0.25, -0.2) is 4.90 Å². The molecule has 3 aliphatic carbocycles. The molecule has 0 spiro atoms. The Labute approximate surface area is 144 Å². The van der Waals surface area contributed by atoms with Gasteiger partial charge in [-0.05, 0) is 43.7 Å². The summed E-state index contributed by atoms with van der Waals surface area (Å²) in [6, 6.07) is 4.26. The largest absolute Gasteiger partial charge is 0.494 e. The molecule has 1 aromatic rings. The van der Waals surface area contributed by atoms with E-state index in [0.717, 1.165) is 17.7 Å². The number of rotatable bonds is 4. The molecule has 0 unspecified atom stereocenters. The second kappa shape index (κ2) is 5.68. The van der Waals surface area contributed by atoms with Crippen molar-refractivity contribution in [1.82, 2.24) is 0 Å². The van der Waals surface area contributed by atoms with E-state index in [0.29, 0.717) is 12.4 Å². The summed E-state index contributed by atoms with van der Waals surface area (Å²) in [5.41, 5.74) is -0.246. The van der Waals surface area contributed by atoms with Crippen molar-refractivity contribution in [3.05, 3.63) is 40.5 Å². The molecular weight excluding hydrogens is 324 g/mol. The van der Waals surface area contributed by atoms with Crippen molar-refractivity contribution in [1.29, 1.82) is 0 Å². The van der Waals surface area contributed by atoms with Gasteiger partial charge in [0, 0.05) is 0 Å². The normalized spacial score (nSPS) is 29.9. The molecule has 130 valence electrons. The number of nitro groups is 1. The molecule has 7 heteroatoms. The highest BCUT2D eigenvalue weighted by Gasteiger charge is 2.57. The first-order valence-corrected chi connectivity index (χ1v) is 8.50. The maximum Gasteiger partial charge on any atom is 0.297 e. The molecule has 4 atom stereocenters. The van der Waals surface area contributed by atoms with Gasteiger partial charge in [0.1, 0.15) is 11.4 Å². The van der Waals surface area contributed by atoms with Crippen LogP contribution in [0, 0.1) is 33.8 Å². The smallest absolute Gasteiger partial charge is 0.297 e. The Hall–Kier alpha value is -2.70. The Morgan fingerprint density at radius 3 is 2.24 bits per heavy atom. The van der Waals surface area contributed by atoms with E-state index in [4.69, 9.17) is 4.74 Å². The lowest BCUT2D eigenvalue weighted by atomic mass is 9.63. The average Bonchev–Trinajstić information content (AvgIpc) is 2.89. The van der Waals surface area contributed by atoms with Gasteiger partial charge in [-0.3, -0.25) is 19.7 Å². The number of fused-ring (bicyclic) bond motifs is 1. The third-order valence-electron chi connectivity index (χ3n) is 5.45. The third-order valence-corrected chi connectivity index (χ3v) is 5.45. The summed E-state index contributed by atoms with van der Waals surface area (Å²) in [6.45, 7) is 2.15. The molecule has 2 fully saturated rings. The predicted molar refractivity (Wildman–Crippen MR) is 89.1 cm³/mol. The number of anilines is 1. The van der Waals surface area contributed by atoms with Crippen molar-refractivity contribution in [2.24, 2.45) is 23.7 Å². The first kappa shape index (κ1) is 15.8. The molecule has 0 N–H and O–H groups in total. The first-order valence-electron chi connectivity index (χ1n) is 8.50. The second-order valence-corrected chi connectivity index (χ2v) is 6.69. The van der Waals surface area contributed by atoms with Gasteiger partial charge >= 0.3 is 0 Å². The maximum atomic E-state index is 12.9. The van der Waals surface area contributed by atoms with Crippen LogP contribution in [0.3, 0.4) is 0 Å². The summed E-state index contributed by atoms with van der Waals surface area (Å²) in [5.74, 6) is -0.958. The van der Waals surface area contributed by atoms with Gasteiger partial charge in [-0.1, -0.05) is 12.2 Å². The van der Waals surface area contributed by atoms with E-state index in [-0.39, 0.29) is 46.9 Å². The molecule has 1 aliphatic heterocycles. The van der Waals surface area contributed by atoms with Gasteiger partial charge in [0.2, 0.25) is 11.8 Å². The minimum Gasteiger partial charge on any atom is -0.494 e. The molecule has 5 rings (SSSR count). The van der Waals surface area contributed by atoms with Crippen LogP contribution in [0.1, 0.15) is 19.8 Å². The van der Waals surface area contributed by atoms with Crippen molar-refractivity contribution in [2.45, 2.75) is 19.8 Å². The summed E-state index contributed by atoms with van der Waals surface area (Å²) in [6.07, 6.45) is 5.83. The first-order chi connectivity index (χ1) is 12.0. The van der Waals surface area contributed by atoms with Crippen molar-refractivity contribution in [2.75, 3.05) is 11.5 Å². The van der Waals surface area contributed by atoms with Crippen LogP contribution >= 0.6 is 0 Å². The molecular formula is C18H18N2O5. The summed E-state index contributed by atoms with van der Waals surface area (Å²) in [5, 5.41) is 11.5. The zero-order valence-electron chi connectivity index (χ0n) is 13.8. The minimum atomic E-state index is -0.576. The second-order valence-electron chi connectivity index (χ2n) is 6.69. The fourth-order valence-electron chi connectivity index (χ4n) is 4.41. The number of carbonyl (C=O) groups is 2. The number of ether oxygens (including phenoxy) is 1. The van der Waals surface area contributed by atoms with E-state index in [1.54, 1.807) is 13.0 Å². The van der Waals surface area contributed by atoms with Crippen LogP contribution in [-0.4, -0.2) is 23.3 Å². The zero-order chi connectivity index (χ0) is 17.7. The van der Waals surface area contributed by atoms with Gasteiger partial charge < -0.3 is 4.74 Å². The number of imide groups is 1. The predicted octanol–water partition coefficient (Wildman–Crippen LogP) is 2.70. The standard InChI is InChI=1S/C18H18N2O5/c1-2-25-12-7-8-13(14(9-12)20(23)24)19-17(21)15-10-3-4-11(6-5-10)16(15)18(19)22/h3-4,7-11,15-16H,2,5-6H2,1H3/t10-,11-,15-,16+/m1/s1. The zero-order valence-corrected chi connectivity index (χ0v) is 13.8. The molecule has 2 amide bonds. The van der Waals surface area contributed by atoms with E-state index >= 15 is 0 Å². The Morgan fingerprint density at radius 2 is 1.76 bits per heavy atom. The Bertz CT molecular complexity index is 771. The lowest BCUT2D eigenvalue weighted by Crippen LogP contribution is -2.38. The molecule has 1 saturated heterocycles. The SMILES string of the molecule is CCOc1ccc(N2C(=O)[C@@H]3[C@H](C2=O)[C@@H]2C=C[C@@H]3CC2)c([N+](=O)[O-])c1. The van der Waals surface area contributed by atoms with Gasteiger partial charge in [-0.2, -0.15) is 0 Å². The molecule has 2 bridgehead atoms. The summed E-state index contributed by atoms with van der Waals surface area (Å²) >= 11 is 0. The van der Waals surface area contributed by atoms with Crippen LogP contribution < -0.4 is 9.64 Å².